The molecular weight excluding hydrogens is 214 g/mol. The van der Waals surface area contributed by atoms with E-state index in [-0.39, 0.29) is 11.7 Å². The molecule has 0 bridgehead atoms. The number of carbonyl (C=O) groups is 2. The van der Waals surface area contributed by atoms with Crippen LogP contribution in [0.15, 0.2) is 0 Å². The van der Waals surface area contributed by atoms with Crippen LogP contribution in [0.2, 0.25) is 0 Å². The van der Waals surface area contributed by atoms with E-state index in [0.29, 0.717) is 25.3 Å². The Hall–Kier alpha value is -0.860. The summed E-state index contributed by atoms with van der Waals surface area (Å²) < 4.78 is 0. The number of nitrogens with zero attached hydrogens (tertiary/aromatic N) is 1. The first kappa shape index (κ1) is 12.6. The van der Waals surface area contributed by atoms with Gasteiger partial charge in [0.05, 0.1) is 6.54 Å². The monoisotopic (exact) mass is 237 g/mol. The number of Topliss-reactive ketones (excluding diaryl/α,β-unsaturated/α-hetero) is 1. The van der Waals surface area contributed by atoms with Gasteiger partial charge in [0.25, 0.3) is 0 Å². The quantitative estimate of drug-likeness (QED) is 0.692. The molecule has 1 heterocycles. The van der Waals surface area contributed by atoms with Crippen LogP contribution in [0.3, 0.4) is 0 Å². The third-order valence-corrected chi connectivity index (χ3v) is 4.04. The lowest BCUT2D eigenvalue weighted by Gasteiger charge is -2.27. The van der Waals surface area contributed by atoms with Crippen molar-refractivity contribution in [1.82, 2.24) is 4.90 Å². The van der Waals surface area contributed by atoms with E-state index in [2.05, 4.69) is 0 Å². The highest BCUT2D eigenvalue weighted by Crippen LogP contribution is 2.26. The topological polar surface area (TPSA) is 37.4 Å². The van der Waals surface area contributed by atoms with Crippen LogP contribution in [-0.4, -0.2) is 29.7 Å². The van der Waals surface area contributed by atoms with Crippen LogP contribution in [0.5, 0.6) is 0 Å². The third-order valence-electron chi connectivity index (χ3n) is 4.04. The Kier molecular flexibility index (Phi) is 4.57. The number of carbonyl (C=O) groups excluding carboxylic acids is 2. The van der Waals surface area contributed by atoms with Gasteiger partial charge in [0, 0.05) is 19.4 Å². The molecule has 2 fully saturated rings. The standard InChI is InChI=1S/C14H23NO2/c16-13-8-5-9-15(11-13)14(17)10-12-6-3-1-2-4-7-12/h12H,1-11H2. The Balaban J connectivity index is 1.80. The predicted octanol–water partition coefficient (Wildman–Crippen LogP) is 2.54. The lowest BCUT2D eigenvalue weighted by molar-refractivity contribution is -0.138. The molecule has 0 radical (unpaired) electrons. The molecule has 0 N–H and O–H groups in total. The van der Waals surface area contributed by atoms with Crippen LogP contribution in [0.4, 0.5) is 0 Å². The van der Waals surface area contributed by atoms with Gasteiger partial charge in [0.2, 0.25) is 5.91 Å². The lowest BCUT2D eigenvalue weighted by Crippen LogP contribution is -2.40. The molecule has 1 aliphatic heterocycles. The highest BCUT2D eigenvalue weighted by molar-refractivity contribution is 5.87. The minimum Gasteiger partial charge on any atom is -0.335 e. The van der Waals surface area contributed by atoms with E-state index in [9.17, 15) is 9.59 Å². The van der Waals surface area contributed by atoms with Gasteiger partial charge in [-0.15, -0.1) is 0 Å². The molecule has 0 spiro atoms. The Morgan fingerprint density at radius 1 is 1.12 bits per heavy atom. The third kappa shape index (κ3) is 3.83. The number of likely N-dealkylation sites (tertiary alicyclic amines) is 1. The molecule has 0 aromatic rings. The summed E-state index contributed by atoms with van der Waals surface area (Å²) in [6.45, 7) is 1.16. The number of piperidine rings is 1. The summed E-state index contributed by atoms with van der Waals surface area (Å²) >= 11 is 0. The fourth-order valence-corrected chi connectivity index (χ4v) is 3.00. The zero-order chi connectivity index (χ0) is 12.1. The average Bonchev–Trinajstić information content (AvgIpc) is 2.57. The molecule has 1 saturated carbocycles. The van der Waals surface area contributed by atoms with Crippen molar-refractivity contribution < 1.29 is 9.59 Å². The maximum Gasteiger partial charge on any atom is 0.223 e. The summed E-state index contributed by atoms with van der Waals surface area (Å²) in [5.74, 6) is 1.01. The smallest absolute Gasteiger partial charge is 0.223 e. The van der Waals surface area contributed by atoms with E-state index >= 15 is 0 Å². The number of rotatable bonds is 2. The van der Waals surface area contributed by atoms with Crippen molar-refractivity contribution in [3.8, 4) is 0 Å². The van der Waals surface area contributed by atoms with Crippen molar-refractivity contribution in [2.24, 2.45) is 5.92 Å². The molecule has 0 atom stereocenters. The zero-order valence-corrected chi connectivity index (χ0v) is 10.6. The maximum absolute atomic E-state index is 12.1. The molecule has 1 saturated heterocycles. The van der Waals surface area contributed by atoms with Crippen LogP contribution in [-0.2, 0) is 9.59 Å². The van der Waals surface area contributed by atoms with Gasteiger partial charge in [-0.05, 0) is 25.2 Å². The molecule has 2 aliphatic rings. The van der Waals surface area contributed by atoms with E-state index in [1.54, 1.807) is 4.90 Å². The van der Waals surface area contributed by atoms with E-state index in [1.165, 1.54) is 38.5 Å². The Morgan fingerprint density at radius 2 is 1.82 bits per heavy atom. The Labute approximate surface area is 104 Å². The minimum absolute atomic E-state index is 0.213. The van der Waals surface area contributed by atoms with Crippen molar-refractivity contribution in [1.29, 1.82) is 0 Å². The Bertz CT molecular complexity index is 280. The summed E-state index contributed by atoms with van der Waals surface area (Å²) in [6.07, 6.45) is 9.80. The highest BCUT2D eigenvalue weighted by atomic mass is 16.2. The summed E-state index contributed by atoms with van der Waals surface area (Å²) in [6, 6.07) is 0. The molecule has 96 valence electrons. The predicted molar refractivity (Wildman–Crippen MR) is 66.6 cm³/mol. The largest absolute Gasteiger partial charge is 0.335 e. The van der Waals surface area contributed by atoms with Gasteiger partial charge in [-0.1, -0.05) is 25.7 Å². The van der Waals surface area contributed by atoms with Gasteiger partial charge in [-0.3, -0.25) is 9.59 Å². The number of hydrogen-bond donors (Lipinski definition) is 0. The van der Waals surface area contributed by atoms with Crippen LogP contribution in [0.1, 0.15) is 57.8 Å². The Morgan fingerprint density at radius 3 is 2.47 bits per heavy atom. The molecule has 3 heteroatoms. The maximum atomic E-state index is 12.1. The molecule has 1 amide bonds. The average molecular weight is 237 g/mol. The van der Waals surface area contributed by atoms with Crippen molar-refractivity contribution >= 4 is 11.7 Å². The van der Waals surface area contributed by atoms with Crippen molar-refractivity contribution in [2.75, 3.05) is 13.1 Å². The summed E-state index contributed by atoms with van der Waals surface area (Å²) in [4.78, 5) is 25.2. The molecule has 0 unspecified atom stereocenters. The van der Waals surface area contributed by atoms with Gasteiger partial charge in [-0.2, -0.15) is 0 Å². The first-order valence-electron chi connectivity index (χ1n) is 7.05. The second-order valence-corrected chi connectivity index (χ2v) is 5.52. The van der Waals surface area contributed by atoms with Crippen molar-refractivity contribution in [2.45, 2.75) is 57.8 Å². The molecular formula is C14H23NO2. The van der Waals surface area contributed by atoms with Crippen molar-refractivity contribution in [3.63, 3.8) is 0 Å². The fraction of sp³-hybridized carbons (Fsp3) is 0.857. The second-order valence-electron chi connectivity index (χ2n) is 5.52. The minimum atomic E-state index is 0.213. The zero-order valence-electron chi connectivity index (χ0n) is 10.6. The van der Waals surface area contributed by atoms with Gasteiger partial charge >= 0.3 is 0 Å². The summed E-state index contributed by atoms with van der Waals surface area (Å²) in [5.41, 5.74) is 0. The van der Waals surface area contributed by atoms with E-state index in [1.807, 2.05) is 0 Å². The van der Waals surface area contributed by atoms with Gasteiger partial charge in [0.15, 0.2) is 5.78 Å². The summed E-state index contributed by atoms with van der Waals surface area (Å²) in [7, 11) is 0. The molecule has 0 aromatic heterocycles. The second kappa shape index (κ2) is 6.18. The molecule has 1 aliphatic carbocycles. The lowest BCUT2D eigenvalue weighted by atomic mass is 9.95. The van der Waals surface area contributed by atoms with Crippen LogP contribution in [0.25, 0.3) is 0 Å². The summed E-state index contributed by atoms with van der Waals surface area (Å²) in [5, 5.41) is 0. The molecule has 2 rings (SSSR count). The van der Waals surface area contributed by atoms with E-state index in [0.717, 1.165) is 13.0 Å². The number of ketones is 1. The van der Waals surface area contributed by atoms with Crippen LogP contribution >= 0.6 is 0 Å². The molecule has 3 nitrogen and oxygen atoms in total. The first-order valence-corrected chi connectivity index (χ1v) is 7.05. The highest BCUT2D eigenvalue weighted by Gasteiger charge is 2.24. The first-order chi connectivity index (χ1) is 8.25. The van der Waals surface area contributed by atoms with Gasteiger partial charge < -0.3 is 4.90 Å². The fourth-order valence-electron chi connectivity index (χ4n) is 3.00. The van der Waals surface area contributed by atoms with Gasteiger partial charge in [-0.25, -0.2) is 0 Å². The SMILES string of the molecule is O=C1CCCN(C(=O)CC2CCCCCC2)C1. The van der Waals surface area contributed by atoms with Crippen molar-refractivity contribution in [3.05, 3.63) is 0 Å². The number of amides is 1. The molecule has 0 aromatic carbocycles. The molecule has 17 heavy (non-hydrogen) atoms. The van der Waals surface area contributed by atoms with Gasteiger partial charge in [0.1, 0.15) is 0 Å². The van der Waals surface area contributed by atoms with Crippen LogP contribution in [0, 0.1) is 5.92 Å². The van der Waals surface area contributed by atoms with E-state index in [4.69, 9.17) is 0 Å². The normalized spacial score (nSPS) is 23.5. The van der Waals surface area contributed by atoms with Crippen LogP contribution < -0.4 is 0 Å². The van der Waals surface area contributed by atoms with E-state index < -0.39 is 0 Å². The number of hydrogen-bond acceptors (Lipinski definition) is 2.